The first kappa shape index (κ1) is 17.9. The Hall–Kier alpha value is -1.47. The van der Waals surface area contributed by atoms with Crippen molar-refractivity contribution in [3.05, 3.63) is 23.8 Å². The molecule has 0 aromatic rings. The van der Waals surface area contributed by atoms with Crippen LogP contribution in [0.1, 0.15) is 55.4 Å². The minimum atomic E-state index is -0.672. The molecule has 128 valence electrons. The number of amides is 1. The van der Waals surface area contributed by atoms with Crippen molar-refractivity contribution in [2.75, 3.05) is 0 Å². The summed E-state index contributed by atoms with van der Waals surface area (Å²) in [4.78, 5) is 13.7. The van der Waals surface area contributed by atoms with Gasteiger partial charge in [0.05, 0.1) is 23.1 Å². The molecule has 0 spiro atoms. The van der Waals surface area contributed by atoms with E-state index in [1.807, 2.05) is 48.5 Å². The van der Waals surface area contributed by atoms with Gasteiger partial charge in [-0.1, -0.05) is 0 Å². The van der Waals surface area contributed by atoms with Crippen LogP contribution in [0.3, 0.4) is 0 Å². The Morgan fingerprint density at radius 1 is 1.17 bits per heavy atom. The van der Waals surface area contributed by atoms with E-state index >= 15 is 0 Å². The van der Waals surface area contributed by atoms with Gasteiger partial charge in [0.15, 0.2) is 5.66 Å². The number of rotatable bonds is 1. The maximum absolute atomic E-state index is 12.3. The molecule has 0 aromatic heterocycles. The van der Waals surface area contributed by atoms with E-state index in [9.17, 15) is 4.79 Å². The van der Waals surface area contributed by atoms with E-state index in [4.69, 9.17) is 18.8 Å². The summed E-state index contributed by atoms with van der Waals surface area (Å²) in [5, 5.41) is 0. The number of allylic oxidation sites excluding steroid dienone is 1. The summed E-state index contributed by atoms with van der Waals surface area (Å²) in [6.45, 7) is 15.1. The molecule has 0 aromatic carbocycles. The summed E-state index contributed by atoms with van der Waals surface area (Å²) in [5.74, 6) is 0. The zero-order chi connectivity index (χ0) is 17.6. The average Bonchev–Trinajstić information content (AvgIpc) is 2.56. The topological polar surface area (TPSA) is 57.2 Å². The fourth-order valence-electron chi connectivity index (χ4n) is 2.05. The zero-order valence-electron chi connectivity index (χ0n) is 15.2. The zero-order valence-corrected chi connectivity index (χ0v) is 15.2. The summed E-state index contributed by atoms with van der Waals surface area (Å²) >= 11 is 0. The normalized spacial score (nSPS) is 23.1. The first-order chi connectivity index (χ1) is 10.3. The summed E-state index contributed by atoms with van der Waals surface area (Å²) < 4.78 is 22.9. The van der Waals surface area contributed by atoms with Crippen LogP contribution in [-0.4, -0.2) is 34.9 Å². The van der Waals surface area contributed by atoms with E-state index < -0.39 is 30.0 Å². The van der Waals surface area contributed by atoms with E-state index in [1.165, 1.54) is 11.2 Å². The molecule has 0 bridgehead atoms. The number of carbonyl (C=O) groups excluding carboxylic acids is 1. The van der Waals surface area contributed by atoms with Crippen molar-refractivity contribution < 1.29 is 23.6 Å². The van der Waals surface area contributed by atoms with Crippen LogP contribution in [0.25, 0.3) is 0 Å². The third-order valence-electron chi connectivity index (χ3n) is 4.08. The van der Waals surface area contributed by atoms with Gasteiger partial charge in [0.2, 0.25) is 0 Å². The number of hydrogen-bond acceptors (Lipinski definition) is 5. The Morgan fingerprint density at radius 2 is 1.70 bits per heavy atom. The molecule has 0 radical (unpaired) electrons. The van der Waals surface area contributed by atoms with Gasteiger partial charge in [0.1, 0.15) is 11.9 Å². The maximum atomic E-state index is 12.3. The van der Waals surface area contributed by atoms with Crippen molar-refractivity contribution in [3.8, 4) is 0 Å². The van der Waals surface area contributed by atoms with Gasteiger partial charge in [-0.2, -0.15) is 0 Å². The molecule has 1 saturated heterocycles. The summed E-state index contributed by atoms with van der Waals surface area (Å²) in [7, 11) is -0.672. The second kappa shape index (κ2) is 5.56. The molecule has 0 unspecified atom stereocenters. The van der Waals surface area contributed by atoms with Crippen LogP contribution < -0.4 is 0 Å². The molecule has 6 nitrogen and oxygen atoms in total. The highest BCUT2D eigenvalue weighted by Gasteiger charge is 2.54. The van der Waals surface area contributed by atoms with Crippen LogP contribution in [0.15, 0.2) is 23.8 Å². The predicted octanol–water partition coefficient (Wildman–Crippen LogP) is 3.59. The van der Waals surface area contributed by atoms with Gasteiger partial charge in [-0.05, 0) is 55.4 Å². The number of carbonyl (C=O) groups is 1. The Balaban J connectivity index is 2.19. The number of hydrogen-bond donors (Lipinski definition) is 0. The first-order valence-electron chi connectivity index (χ1n) is 7.75. The van der Waals surface area contributed by atoms with Gasteiger partial charge in [-0.15, -0.1) is 0 Å². The predicted molar refractivity (Wildman–Crippen MR) is 87.1 cm³/mol. The molecule has 2 aliphatic rings. The van der Waals surface area contributed by atoms with Gasteiger partial charge in [0.25, 0.3) is 0 Å². The van der Waals surface area contributed by atoms with Crippen LogP contribution in [-0.2, 0) is 18.8 Å². The van der Waals surface area contributed by atoms with Crippen LogP contribution >= 0.6 is 0 Å². The Bertz CT molecular complexity index is 543. The lowest BCUT2D eigenvalue weighted by Gasteiger charge is -2.32. The molecule has 0 aliphatic carbocycles. The van der Waals surface area contributed by atoms with Crippen LogP contribution in [0.5, 0.6) is 0 Å². The smallest absolute Gasteiger partial charge is 0.470 e. The van der Waals surface area contributed by atoms with E-state index in [2.05, 4.69) is 0 Å². The third-order valence-corrected chi connectivity index (χ3v) is 4.08. The molecular formula is C16H26BNO5. The number of nitrogens with zero attached hydrogens (tertiary/aromatic N) is 1. The molecular weight excluding hydrogens is 297 g/mol. The van der Waals surface area contributed by atoms with Crippen molar-refractivity contribution in [3.63, 3.8) is 0 Å². The van der Waals surface area contributed by atoms with E-state index in [-0.39, 0.29) is 0 Å². The molecule has 0 atom stereocenters. The molecule has 23 heavy (non-hydrogen) atoms. The highest BCUT2D eigenvalue weighted by molar-refractivity contribution is 6.53. The van der Waals surface area contributed by atoms with E-state index in [0.29, 0.717) is 11.4 Å². The minimum Gasteiger partial charge on any atom is -0.470 e. The minimum absolute atomic E-state index is 0.417. The highest BCUT2D eigenvalue weighted by atomic mass is 16.7. The molecule has 2 heterocycles. The summed E-state index contributed by atoms with van der Waals surface area (Å²) in [6, 6.07) is 0. The fraction of sp³-hybridized carbons (Fsp3) is 0.688. The second-order valence-electron chi connectivity index (χ2n) is 7.85. The van der Waals surface area contributed by atoms with E-state index in [0.717, 1.165) is 0 Å². The summed E-state index contributed by atoms with van der Waals surface area (Å²) in [6.07, 6.45) is 2.58. The Labute approximate surface area is 138 Å². The largest absolute Gasteiger partial charge is 0.534 e. The van der Waals surface area contributed by atoms with Gasteiger partial charge in [-0.25, -0.2) is 4.79 Å². The van der Waals surface area contributed by atoms with Crippen molar-refractivity contribution in [2.45, 2.75) is 72.2 Å². The molecule has 0 N–H and O–H groups in total. The molecule has 2 aliphatic heterocycles. The van der Waals surface area contributed by atoms with Crippen molar-refractivity contribution in [1.29, 1.82) is 0 Å². The lowest BCUT2D eigenvalue weighted by Crippen LogP contribution is -2.41. The van der Waals surface area contributed by atoms with Gasteiger partial charge < -0.3 is 18.8 Å². The standard InChI is InChI=1S/C16H26BNO5/c1-11-10-20-12(9-18(11)13(19)21-14(2,3)4)17-22-15(5,6)16(7,8)23-17/h9-10H,1-8H3. The molecule has 7 heteroatoms. The van der Waals surface area contributed by atoms with Gasteiger partial charge >= 0.3 is 13.2 Å². The molecule has 1 fully saturated rings. The van der Waals surface area contributed by atoms with Crippen molar-refractivity contribution in [2.24, 2.45) is 0 Å². The lowest BCUT2D eigenvalue weighted by atomic mass is 9.87. The monoisotopic (exact) mass is 323 g/mol. The second-order valence-corrected chi connectivity index (χ2v) is 7.85. The third kappa shape index (κ3) is 3.72. The highest BCUT2D eigenvalue weighted by Crippen LogP contribution is 2.39. The Morgan fingerprint density at radius 3 is 2.17 bits per heavy atom. The molecule has 0 saturated carbocycles. The van der Waals surface area contributed by atoms with E-state index in [1.54, 1.807) is 13.1 Å². The van der Waals surface area contributed by atoms with Crippen molar-refractivity contribution in [1.82, 2.24) is 4.90 Å². The average molecular weight is 323 g/mol. The first-order valence-corrected chi connectivity index (χ1v) is 7.75. The van der Waals surface area contributed by atoms with Gasteiger partial charge in [0, 0.05) is 0 Å². The SMILES string of the molecule is CC1=COC(B2OC(C)(C)C(C)(C)O2)=CN1C(=O)OC(C)(C)C. The van der Waals surface area contributed by atoms with Crippen LogP contribution in [0.2, 0.25) is 0 Å². The molecule has 1 amide bonds. The van der Waals surface area contributed by atoms with Crippen molar-refractivity contribution >= 4 is 13.2 Å². The van der Waals surface area contributed by atoms with Crippen LogP contribution in [0, 0.1) is 0 Å². The fourth-order valence-corrected chi connectivity index (χ4v) is 2.05. The molecule has 2 rings (SSSR count). The lowest BCUT2D eigenvalue weighted by molar-refractivity contribution is 0.00578. The van der Waals surface area contributed by atoms with Crippen LogP contribution in [0.4, 0.5) is 4.79 Å². The maximum Gasteiger partial charge on any atom is 0.534 e. The quantitative estimate of drug-likeness (QED) is 0.690. The number of ether oxygens (including phenoxy) is 2. The Kier molecular flexibility index (Phi) is 4.32. The van der Waals surface area contributed by atoms with Gasteiger partial charge in [-0.3, -0.25) is 4.90 Å². The summed E-state index contributed by atoms with van der Waals surface area (Å²) in [5.41, 5.74) is -0.489.